The molecule has 0 saturated carbocycles. The van der Waals surface area contributed by atoms with Crippen LogP contribution in [0.4, 0.5) is 5.82 Å². The molecule has 0 amide bonds. The van der Waals surface area contributed by atoms with Crippen molar-refractivity contribution in [1.29, 1.82) is 0 Å². The molecule has 4 heteroatoms. The molecule has 0 aliphatic rings. The van der Waals surface area contributed by atoms with Crippen LogP contribution >= 0.6 is 0 Å². The smallest absolute Gasteiger partial charge is 0.481 e. The summed E-state index contributed by atoms with van der Waals surface area (Å²) in [7, 11) is 0. The van der Waals surface area contributed by atoms with E-state index in [-0.39, 0.29) is 38.0 Å². The number of hydrogen-bond acceptors (Lipinski definition) is 2. The molecule has 0 spiro atoms. The minimum absolute atomic E-state index is 0. The Labute approximate surface area is 72.8 Å². The van der Waals surface area contributed by atoms with Crippen molar-refractivity contribution in [1.82, 2.24) is 9.97 Å². The summed E-state index contributed by atoms with van der Waals surface area (Å²) in [5, 5.41) is 0. The molecule has 0 aromatic carbocycles. The normalized spacial score (nSPS) is 6.00. The van der Waals surface area contributed by atoms with E-state index in [1.807, 2.05) is 0 Å². The molecular weight excluding hydrogens is 141 g/mol. The summed E-state index contributed by atoms with van der Waals surface area (Å²) in [6, 6.07) is 0. The van der Waals surface area contributed by atoms with Gasteiger partial charge in [0.05, 0.1) is 0 Å². The van der Waals surface area contributed by atoms with Crippen molar-refractivity contribution in [3.8, 4) is 0 Å². The van der Waals surface area contributed by atoms with Gasteiger partial charge in [0.25, 0.3) is 0 Å². The van der Waals surface area contributed by atoms with E-state index in [0.717, 1.165) is 0 Å². The van der Waals surface area contributed by atoms with Gasteiger partial charge in [0.15, 0.2) is 0 Å². The zero-order valence-corrected chi connectivity index (χ0v) is 7.36. The van der Waals surface area contributed by atoms with Crippen LogP contribution in [0.25, 0.3) is 5.73 Å². The van der Waals surface area contributed by atoms with Crippen molar-refractivity contribution in [2.75, 3.05) is 0 Å². The summed E-state index contributed by atoms with van der Waals surface area (Å²) in [6.07, 6.45) is 4.42. The van der Waals surface area contributed by atoms with E-state index in [0.29, 0.717) is 0 Å². The molecule has 0 aliphatic heterocycles. The van der Waals surface area contributed by atoms with Gasteiger partial charge in [-0.1, -0.05) is 6.20 Å². The van der Waals surface area contributed by atoms with Crippen LogP contribution in [0, 0.1) is 14.9 Å². The van der Waals surface area contributed by atoms with Crippen LogP contribution < -0.4 is 0 Å². The second kappa shape index (κ2) is 8.41. The fraction of sp³-hybridized carbons (Fsp3) is 0. The zero-order valence-electron chi connectivity index (χ0n) is 6.20. The van der Waals surface area contributed by atoms with Gasteiger partial charge in [0.1, 0.15) is 0 Å². The largest absolute Gasteiger partial charge is 3.00 e. The van der Waals surface area contributed by atoms with Gasteiger partial charge in [0, 0.05) is 12.4 Å². The maximum Gasteiger partial charge on any atom is 3.00 e. The van der Waals surface area contributed by atoms with E-state index >= 15 is 0 Å². The molecule has 1 heterocycles. The van der Waals surface area contributed by atoms with E-state index in [9.17, 15) is 0 Å². The Balaban J connectivity index is -0.000000163. The van der Waals surface area contributed by atoms with Gasteiger partial charge in [-0.25, -0.2) is 0 Å². The molecule has 1 aromatic rings. The minimum Gasteiger partial charge on any atom is -0.481 e. The van der Waals surface area contributed by atoms with Crippen LogP contribution in [0.1, 0.15) is 0 Å². The van der Waals surface area contributed by atoms with Gasteiger partial charge >= 0.3 is 17.4 Å². The SMILES string of the molecule is [Al+3].[CH3-].[CH3-].[NH-]c1cnccn1. The Morgan fingerprint density at radius 2 is 1.80 bits per heavy atom. The Kier molecular flexibility index (Phi) is 13.6. The molecular formula is C6H10AlN3. The first kappa shape index (κ1) is 16.2. The third-order valence-corrected chi connectivity index (χ3v) is 0.563. The predicted octanol–water partition coefficient (Wildman–Crippen LogP) is 1.68. The van der Waals surface area contributed by atoms with Crippen LogP contribution in [0.5, 0.6) is 0 Å². The van der Waals surface area contributed by atoms with Crippen LogP contribution in [-0.2, 0) is 0 Å². The predicted molar refractivity (Wildman–Crippen MR) is 44.6 cm³/mol. The molecule has 52 valence electrons. The van der Waals surface area contributed by atoms with Gasteiger partial charge in [-0.15, -0.1) is 0 Å². The summed E-state index contributed by atoms with van der Waals surface area (Å²) < 4.78 is 0. The van der Waals surface area contributed by atoms with Gasteiger partial charge in [-0.05, 0) is 5.82 Å². The number of nitrogens with one attached hydrogen (secondary N) is 1. The summed E-state index contributed by atoms with van der Waals surface area (Å²) in [5.74, 6) is 0.211. The van der Waals surface area contributed by atoms with Crippen LogP contribution in [0.2, 0.25) is 0 Å². The summed E-state index contributed by atoms with van der Waals surface area (Å²) in [5.41, 5.74) is 6.82. The van der Waals surface area contributed by atoms with Crippen molar-refractivity contribution in [2.24, 2.45) is 0 Å². The first-order chi connectivity index (χ1) is 3.39. The van der Waals surface area contributed by atoms with Gasteiger partial charge in [0.2, 0.25) is 0 Å². The average molecular weight is 151 g/mol. The number of nitrogens with zero attached hydrogens (tertiary/aromatic N) is 2. The molecule has 1 N–H and O–H groups in total. The van der Waals surface area contributed by atoms with Crippen molar-refractivity contribution in [2.45, 2.75) is 0 Å². The summed E-state index contributed by atoms with van der Waals surface area (Å²) in [6.45, 7) is 0. The van der Waals surface area contributed by atoms with Crippen molar-refractivity contribution < 1.29 is 0 Å². The molecule has 1 aromatic heterocycles. The molecule has 0 aliphatic carbocycles. The Morgan fingerprint density at radius 1 is 1.20 bits per heavy atom. The van der Waals surface area contributed by atoms with Crippen LogP contribution in [0.15, 0.2) is 18.6 Å². The third-order valence-electron chi connectivity index (χ3n) is 0.563. The molecule has 10 heavy (non-hydrogen) atoms. The Bertz CT molecular complexity index is 143. The fourth-order valence-corrected chi connectivity index (χ4v) is 0.299. The molecule has 0 atom stereocenters. The van der Waals surface area contributed by atoms with Crippen LogP contribution in [0.3, 0.4) is 0 Å². The first-order valence-electron chi connectivity index (χ1n) is 1.87. The second-order valence-corrected chi connectivity index (χ2v) is 1.09. The fourth-order valence-electron chi connectivity index (χ4n) is 0.299. The maximum atomic E-state index is 6.82. The van der Waals surface area contributed by atoms with E-state index < -0.39 is 0 Å². The van der Waals surface area contributed by atoms with Crippen molar-refractivity contribution >= 4 is 23.2 Å². The quantitative estimate of drug-likeness (QED) is 0.418. The number of rotatable bonds is 0. The second-order valence-electron chi connectivity index (χ2n) is 1.09. The summed E-state index contributed by atoms with van der Waals surface area (Å²) in [4.78, 5) is 7.22. The van der Waals surface area contributed by atoms with Gasteiger partial charge < -0.3 is 25.6 Å². The van der Waals surface area contributed by atoms with E-state index in [1.54, 1.807) is 0 Å². The molecule has 0 bridgehead atoms. The van der Waals surface area contributed by atoms with Gasteiger partial charge in [-0.3, -0.25) is 4.98 Å². The molecule has 0 unspecified atom stereocenters. The van der Waals surface area contributed by atoms with Crippen molar-refractivity contribution in [3.05, 3.63) is 39.2 Å². The molecule has 0 fully saturated rings. The molecule has 0 saturated heterocycles. The minimum atomic E-state index is 0. The van der Waals surface area contributed by atoms with E-state index in [2.05, 4.69) is 9.97 Å². The molecule has 1 rings (SSSR count). The average Bonchev–Trinajstić information content (AvgIpc) is 1.69. The standard InChI is InChI=1S/C4H4N3.2CH3.Al/c5-4-3-6-1-2-7-4;;;/h1-3H,(H-,5,7);2*1H3;/q3*-1;+3. The summed E-state index contributed by atoms with van der Waals surface area (Å²) >= 11 is 0. The van der Waals surface area contributed by atoms with Crippen molar-refractivity contribution in [3.63, 3.8) is 0 Å². The Hall–Kier alpha value is -0.588. The topological polar surface area (TPSA) is 49.6 Å². The first-order valence-corrected chi connectivity index (χ1v) is 1.87. The monoisotopic (exact) mass is 151 g/mol. The number of aromatic nitrogens is 2. The molecule has 0 radical (unpaired) electrons. The van der Waals surface area contributed by atoms with E-state index in [1.165, 1.54) is 18.6 Å². The molecule has 3 nitrogen and oxygen atoms in total. The van der Waals surface area contributed by atoms with Crippen LogP contribution in [-0.4, -0.2) is 27.3 Å². The van der Waals surface area contributed by atoms with E-state index in [4.69, 9.17) is 5.73 Å². The number of hydrogen-bond donors (Lipinski definition) is 0. The Morgan fingerprint density at radius 3 is 2.00 bits per heavy atom. The zero-order chi connectivity index (χ0) is 5.11. The van der Waals surface area contributed by atoms with Gasteiger partial charge in [-0.2, -0.15) is 0 Å². The maximum absolute atomic E-state index is 6.82. The third kappa shape index (κ3) is 5.55.